The molecule has 0 aromatic carbocycles. The van der Waals surface area contributed by atoms with E-state index in [9.17, 15) is 15.3 Å². The van der Waals surface area contributed by atoms with Crippen molar-refractivity contribution < 1.29 is 20.1 Å². The lowest BCUT2D eigenvalue weighted by Crippen LogP contribution is -2.75. The molecular weight excluding hydrogens is 342 g/mol. The Balaban J connectivity index is 1.59. The van der Waals surface area contributed by atoms with Crippen molar-refractivity contribution in [2.45, 2.75) is 75.9 Å². The number of rotatable bonds is 2. The quantitative estimate of drug-likeness (QED) is 0.676. The minimum Gasteiger partial charge on any atom is -0.392 e. The van der Waals surface area contributed by atoms with Gasteiger partial charge in [0.2, 0.25) is 0 Å². The topological polar surface area (TPSA) is 73.2 Å². The highest BCUT2D eigenvalue weighted by Crippen LogP contribution is 2.78. The van der Waals surface area contributed by atoms with Crippen LogP contribution in [0, 0.1) is 40.4 Å². The summed E-state index contributed by atoms with van der Waals surface area (Å²) in [7, 11) is 1.73. The van der Waals surface area contributed by atoms with Crippen LogP contribution >= 0.6 is 0 Å². The van der Waals surface area contributed by atoms with Gasteiger partial charge < -0.3 is 20.1 Å². The molecule has 7 bridgehead atoms. The van der Waals surface area contributed by atoms with Crippen LogP contribution in [0.2, 0.25) is 0 Å². The van der Waals surface area contributed by atoms with Crippen molar-refractivity contribution in [3.63, 3.8) is 0 Å². The van der Waals surface area contributed by atoms with Gasteiger partial charge in [0.15, 0.2) is 0 Å². The molecule has 3 N–H and O–H groups in total. The molecule has 5 saturated carbocycles. The van der Waals surface area contributed by atoms with E-state index in [0.29, 0.717) is 12.3 Å². The Kier molecular flexibility index (Phi) is 3.33. The first kappa shape index (κ1) is 17.6. The van der Waals surface area contributed by atoms with Crippen LogP contribution in [0.3, 0.4) is 0 Å². The molecule has 6 fully saturated rings. The van der Waals surface area contributed by atoms with Crippen LogP contribution < -0.4 is 0 Å². The number of nitrogens with zero attached hydrogens (tertiary/aromatic N) is 1. The first-order valence-corrected chi connectivity index (χ1v) is 11.2. The Morgan fingerprint density at radius 2 is 1.96 bits per heavy atom. The minimum atomic E-state index is -0.858. The standard InChI is InChI=1S/C22H35NO4/c1-4-23-10-20(2)6-5-16(24)22-12-7-11-14(27-3)9-21(26,17(12)18(11)25)13(19(22)23)8-15(20)22/h11-19,24-26H,4-10H2,1-3H3/t11-,12-,13?,14+,15-,16+,17-,18+,19?,20+,21+,22-/m1/s1. The predicted octanol–water partition coefficient (Wildman–Crippen LogP) is 1.25. The second-order valence-electron chi connectivity index (χ2n) is 11.1. The molecule has 0 amide bonds. The van der Waals surface area contributed by atoms with E-state index in [-0.39, 0.29) is 52.8 Å². The van der Waals surface area contributed by atoms with E-state index in [0.717, 1.165) is 38.8 Å². The van der Waals surface area contributed by atoms with Gasteiger partial charge in [-0.3, -0.25) is 4.90 Å². The van der Waals surface area contributed by atoms with Crippen LogP contribution in [0.5, 0.6) is 0 Å². The summed E-state index contributed by atoms with van der Waals surface area (Å²) in [5.74, 6) is 0.840. The third-order valence-electron chi connectivity index (χ3n) is 10.7. The second-order valence-corrected chi connectivity index (χ2v) is 11.1. The lowest BCUT2D eigenvalue weighted by Gasteiger charge is -2.68. The van der Waals surface area contributed by atoms with Gasteiger partial charge in [-0.1, -0.05) is 13.8 Å². The van der Waals surface area contributed by atoms with E-state index in [1.165, 1.54) is 0 Å². The summed E-state index contributed by atoms with van der Waals surface area (Å²) in [6, 6.07) is 0.253. The summed E-state index contributed by atoms with van der Waals surface area (Å²) < 4.78 is 5.79. The molecule has 1 aliphatic heterocycles. The lowest BCUT2D eigenvalue weighted by atomic mass is 9.43. The molecule has 0 aromatic heterocycles. The summed E-state index contributed by atoms with van der Waals surface area (Å²) in [6.07, 6.45) is 3.66. The molecule has 5 heteroatoms. The van der Waals surface area contributed by atoms with Gasteiger partial charge in [-0.25, -0.2) is 0 Å². The molecule has 2 unspecified atom stereocenters. The Morgan fingerprint density at radius 1 is 1.19 bits per heavy atom. The molecule has 6 rings (SSSR count). The van der Waals surface area contributed by atoms with E-state index in [2.05, 4.69) is 18.7 Å². The van der Waals surface area contributed by atoms with Crippen molar-refractivity contribution in [3.8, 4) is 0 Å². The number of likely N-dealkylation sites (tertiary alicyclic amines) is 1. The number of hydrogen-bond donors (Lipinski definition) is 3. The zero-order valence-electron chi connectivity index (χ0n) is 16.8. The van der Waals surface area contributed by atoms with Crippen LogP contribution in [0.15, 0.2) is 0 Å². The Morgan fingerprint density at radius 3 is 2.67 bits per heavy atom. The van der Waals surface area contributed by atoms with Gasteiger partial charge in [-0.05, 0) is 49.5 Å². The number of ether oxygens (including phenoxy) is 1. The smallest absolute Gasteiger partial charge is 0.0771 e. The Hall–Kier alpha value is -0.200. The van der Waals surface area contributed by atoms with E-state index >= 15 is 0 Å². The Bertz CT molecular complexity index is 673. The minimum absolute atomic E-state index is 0.0657. The normalized spacial score (nSPS) is 66.2. The van der Waals surface area contributed by atoms with Gasteiger partial charge in [0.25, 0.3) is 0 Å². The highest BCUT2D eigenvalue weighted by atomic mass is 16.5. The van der Waals surface area contributed by atoms with Gasteiger partial charge in [0.1, 0.15) is 0 Å². The molecule has 0 radical (unpaired) electrons. The molecule has 1 spiro atoms. The van der Waals surface area contributed by atoms with E-state index in [1.807, 2.05) is 0 Å². The van der Waals surface area contributed by atoms with Gasteiger partial charge in [0.05, 0.1) is 23.9 Å². The van der Waals surface area contributed by atoms with Crippen LogP contribution in [-0.4, -0.2) is 70.4 Å². The molecule has 152 valence electrons. The molecule has 1 saturated heterocycles. The average Bonchev–Trinajstić information content (AvgIpc) is 3.07. The maximum atomic E-state index is 12.1. The van der Waals surface area contributed by atoms with Gasteiger partial charge in [-0.15, -0.1) is 0 Å². The van der Waals surface area contributed by atoms with Crippen molar-refractivity contribution in [2.24, 2.45) is 40.4 Å². The highest BCUT2D eigenvalue weighted by molar-refractivity contribution is 5.32. The third-order valence-corrected chi connectivity index (χ3v) is 10.7. The molecule has 5 nitrogen and oxygen atoms in total. The summed E-state index contributed by atoms with van der Waals surface area (Å²) >= 11 is 0. The van der Waals surface area contributed by atoms with Crippen molar-refractivity contribution in [1.29, 1.82) is 0 Å². The van der Waals surface area contributed by atoms with Crippen molar-refractivity contribution >= 4 is 0 Å². The van der Waals surface area contributed by atoms with Crippen LogP contribution in [-0.2, 0) is 4.74 Å². The van der Waals surface area contributed by atoms with E-state index < -0.39 is 11.7 Å². The predicted molar refractivity (Wildman–Crippen MR) is 99.9 cm³/mol. The van der Waals surface area contributed by atoms with Gasteiger partial charge in [-0.2, -0.15) is 0 Å². The molecule has 0 aromatic rings. The van der Waals surface area contributed by atoms with Crippen molar-refractivity contribution in [3.05, 3.63) is 0 Å². The summed E-state index contributed by atoms with van der Waals surface area (Å²) in [5, 5.41) is 34.9. The largest absolute Gasteiger partial charge is 0.392 e. The molecular formula is C22H35NO4. The monoisotopic (exact) mass is 377 g/mol. The van der Waals surface area contributed by atoms with Gasteiger partial charge in [0, 0.05) is 49.3 Å². The number of aliphatic hydroxyl groups is 3. The zero-order valence-corrected chi connectivity index (χ0v) is 16.8. The Labute approximate surface area is 162 Å². The molecule has 1 heterocycles. The van der Waals surface area contributed by atoms with Crippen LogP contribution in [0.25, 0.3) is 0 Å². The molecule has 12 atom stereocenters. The van der Waals surface area contributed by atoms with E-state index in [1.54, 1.807) is 7.11 Å². The van der Waals surface area contributed by atoms with E-state index in [4.69, 9.17) is 4.74 Å². The summed E-state index contributed by atoms with van der Waals surface area (Å²) in [4.78, 5) is 2.60. The maximum Gasteiger partial charge on any atom is 0.0771 e. The first-order valence-electron chi connectivity index (χ1n) is 11.2. The fourth-order valence-electron chi connectivity index (χ4n) is 10.1. The van der Waals surface area contributed by atoms with Crippen LogP contribution in [0.4, 0.5) is 0 Å². The zero-order chi connectivity index (χ0) is 18.9. The fraction of sp³-hybridized carbons (Fsp3) is 1.00. The number of aliphatic hydroxyl groups excluding tert-OH is 2. The van der Waals surface area contributed by atoms with Crippen LogP contribution in [0.1, 0.15) is 46.0 Å². The average molecular weight is 378 g/mol. The number of methoxy groups -OCH3 is 1. The first-order chi connectivity index (χ1) is 12.8. The number of piperidine rings is 1. The maximum absolute atomic E-state index is 12.1. The second kappa shape index (κ2) is 5.10. The molecule has 6 aliphatic rings. The number of fused-ring (bicyclic) bond motifs is 2. The molecule has 5 aliphatic carbocycles. The fourth-order valence-corrected chi connectivity index (χ4v) is 10.1. The van der Waals surface area contributed by atoms with Crippen molar-refractivity contribution in [2.75, 3.05) is 20.2 Å². The third kappa shape index (κ3) is 1.66. The highest BCUT2D eigenvalue weighted by Gasteiger charge is 2.82. The van der Waals surface area contributed by atoms with Crippen molar-refractivity contribution in [1.82, 2.24) is 4.90 Å². The summed E-state index contributed by atoms with van der Waals surface area (Å²) in [5.41, 5.74) is -0.788. The van der Waals surface area contributed by atoms with Gasteiger partial charge >= 0.3 is 0 Å². The number of hydrogen-bond acceptors (Lipinski definition) is 5. The molecule has 27 heavy (non-hydrogen) atoms. The summed E-state index contributed by atoms with van der Waals surface area (Å²) in [6.45, 7) is 6.74. The SMILES string of the molecule is CCN1C[C@]2(C)CC[C@H](O)[C@]34C1C(C[C@H]23)[C@@]1(O)C[C@H](OC)[C@H]2C[C@@H]4[C@@H]1[C@H]2O. The lowest BCUT2D eigenvalue weighted by molar-refractivity contribution is -0.266.